The Bertz CT molecular complexity index is 531. The quantitative estimate of drug-likeness (QED) is 0.899. The largest absolute Gasteiger partial charge is 0.469 e. The number of rotatable bonds is 4. The lowest BCUT2D eigenvalue weighted by molar-refractivity contribution is 0.529. The molecular weight excluding hydrogens is 224 g/mol. The van der Waals surface area contributed by atoms with E-state index in [0.717, 1.165) is 12.3 Å². The van der Waals surface area contributed by atoms with Gasteiger partial charge < -0.3 is 15.1 Å². The second-order valence-corrected chi connectivity index (χ2v) is 4.69. The topological polar surface area (TPSA) is 42.4 Å². The van der Waals surface area contributed by atoms with Gasteiger partial charge in [0.2, 0.25) is 0 Å². The molecule has 0 spiro atoms. The van der Waals surface area contributed by atoms with Gasteiger partial charge in [0, 0.05) is 31.4 Å². The molecule has 0 atom stereocenters. The molecule has 0 aliphatic carbocycles. The highest BCUT2D eigenvalue weighted by Gasteiger charge is 2.10. The van der Waals surface area contributed by atoms with Gasteiger partial charge in [0.05, 0.1) is 6.26 Å². The van der Waals surface area contributed by atoms with Crippen molar-refractivity contribution in [2.75, 3.05) is 11.9 Å². The van der Waals surface area contributed by atoms with Crippen molar-refractivity contribution >= 4 is 5.69 Å². The molecule has 18 heavy (non-hydrogen) atoms. The van der Waals surface area contributed by atoms with Crippen LogP contribution in [0.5, 0.6) is 0 Å². The van der Waals surface area contributed by atoms with Crippen molar-refractivity contribution in [3.05, 3.63) is 53.0 Å². The lowest BCUT2D eigenvalue weighted by Crippen LogP contribution is -2.19. The van der Waals surface area contributed by atoms with Gasteiger partial charge in [-0.15, -0.1) is 0 Å². The highest BCUT2D eigenvalue weighted by Crippen LogP contribution is 2.23. The first kappa shape index (κ1) is 12.7. The van der Waals surface area contributed by atoms with Crippen LogP contribution in [0.2, 0.25) is 0 Å². The third-order valence-corrected chi connectivity index (χ3v) is 3.25. The molecule has 0 amide bonds. The molecule has 2 N–H and O–H groups in total. The van der Waals surface area contributed by atoms with Crippen LogP contribution in [-0.2, 0) is 13.1 Å². The number of nitrogens with zero attached hydrogens (tertiary/aromatic N) is 1. The summed E-state index contributed by atoms with van der Waals surface area (Å²) in [6.45, 7) is 5.48. The molecule has 2 aromatic rings. The normalized spacial score (nSPS) is 10.7. The smallest absolute Gasteiger partial charge is 0.105 e. The molecule has 0 fully saturated rings. The van der Waals surface area contributed by atoms with E-state index in [9.17, 15) is 0 Å². The van der Waals surface area contributed by atoms with Crippen LogP contribution in [0.1, 0.15) is 22.5 Å². The third kappa shape index (κ3) is 2.57. The van der Waals surface area contributed by atoms with Gasteiger partial charge in [-0.05, 0) is 37.1 Å². The van der Waals surface area contributed by atoms with Crippen LogP contribution in [0, 0.1) is 13.8 Å². The van der Waals surface area contributed by atoms with Crippen LogP contribution in [-0.4, -0.2) is 7.05 Å². The summed E-state index contributed by atoms with van der Waals surface area (Å²) in [5.74, 6) is 0.976. The number of aryl methyl sites for hydroxylation is 2. The van der Waals surface area contributed by atoms with Gasteiger partial charge in [-0.2, -0.15) is 0 Å². The predicted octanol–water partition coefficient (Wildman–Crippen LogP) is 2.99. The molecule has 0 radical (unpaired) electrons. The van der Waals surface area contributed by atoms with Gasteiger partial charge in [-0.1, -0.05) is 12.1 Å². The summed E-state index contributed by atoms with van der Waals surface area (Å²) in [5.41, 5.74) is 10.6. The number of benzene rings is 1. The zero-order chi connectivity index (χ0) is 13.1. The highest BCUT2D eigenvalue weighted by molar-refractivity contribution is 5.55. The summed E-state index contributed by atoms with van der Waals surface area (Å²) in [5, 5.41) is 0. The summed E-state index contributed by atoms with van der Waals surface area (Å²) < 4.78 is 5.33. The van der Waals surface area contributed by atoms with Gasteiger partial charge in [0.1, 0.15) is 5.76 Å². The molecule has 0 saturated heterocycles. The van der Waals surface area contributed by atoms with Crippen molar-refractivity contribution in [1.29, 1.82) is 0 Å². The Hall–Kier alpha value is -1.74. The second-order valence-electron chi connectivity index (χ2n) is 4.69. The molecule has 0 bridgehead atoms. The minimum absolute atomic E-state index is 0.560. The first-order valence-corrected chi connectivity index (χ1v) is 6.15. The summed E-state index contributed by atoms with van der Waals surface area (Å²) in [6.07, 6.45) is 1.73. The minimum Gasteiger partial charge on any atom is -0.469 e. The number of hydrogen-bond donors (Lipinski definition) is 1. The molecule has 1 aromatic carbocycles. The standard InChI is InChI=1S/C15H20N2O/c1-11-4-5-13(9-16)15(8-11)17(3)10-14-6-7-18-12(14)2/h4-8H,9-10,16H2,1-3H3. The lowest BCUT2D eigenvalue weighted by atomic mass is 10.1. The Balaban J connectivity index is 2.25. The average Bonchev–Trinajstić information content (AvgIpc) is 2.75. The summed E-state index contributed by atoms with van der Waals surface area (Å²) in [7, 11) is 2.08. The minimum atomic E-state index is 0.560. The van der Waals surface area contributed by atoms with Crippen molar-refractivity contribution in [3.63, 3.8) is 0 Å². The molecule has 1 heterocycles. The highest BCUT2D eigenvalue weighted by atomic mass is 16.3. The molecule has 0 aliphatic rings. The van der Waals surface area contributed by atoms with E-state index < -0.39 is 0 Å². The van der Waals surface area contributed by atoms with Crippen LogP contribution in [0.15, 0.2) is 34.9 Å². The van der Waals surface area contributed by atoms with Crippen molar-refractivity contribution in [3.8, 4) is 0 Å². The molecule has 3 heteroatoms. The molecule has 0 unspecified atom stereocenters. The van der Waals surface area contributed by atoms with E-state index in [-0.39, 0.29) is 0 Å². The zero-order valence-corrected chi connectivity index (χ0v) is 11.2. The number of hydrogen-bond acceptors (Lipinski definition) is 3. The fraction of sp³-hybridized carbons (Fsp3) is 0.333. The van der Waals surface area contributed by atoms with Gasteiger partial charge in [-0.25, -0.2) is 0 Å². The van der Waals surface area contributed by atoms with Gasteiger partial charge in [-0.3, -0.25) is 0 Å². The molecule has 0 aliphatic heterocycles. The maximum absolute atomic E-state index is 5.80. The van der Waals surface area contributed by atoms with E-state index in [1.807, 2.05) is 13.0 Å². The SMILES string of the molecule is Cc1ccc(CN)c(N(C)Cc2ccoc2C)c1. The van der Waals surface area contributed by atoms with Crippen molar-refractivity contribution in [2.45, 2.75) is 26.9 Å². The van der Waals surface area contributed by atoms with Crippen LogP contribution in [0.3, 0.4) is 0 Å². The monoisotopic (exact) mass is 244 g/mol. The molecule has 3 nitrogen and oxygen atoms in total. The first-order valence-electron chi connectivity index (χ1n) is 6.15. The maximum Gasteiger partial charge on any atom is 0.105 e. The van der Waals surface area contributed by atoms with E-state index in [1.54, 1.807) is 6.26 Å². The van der Waals surface area contributed by atoms with E-state index in [2.05, 4.69) is 37.1 Å². The second kappa shape index (κ2) is 5.27. The molecular formula is C15H20N2O. The Morgan fingerprint density at radius 2 is 1.94 bits per heavy atom. The fourth-order valence-electron chi connectivity index (χ4n) is 2.12. The zero-order valence-electron chi connectivity index (χ0n) is 11.2. The molecule has 0 saturated carbocycles. The number of anilines is 1. The van der Waals surface area contributed by atoms with E-state index in [1.165, 1.54) is 22.4 Å². The fourth-order valence-corrected chi connectivity index (χ4v) is 2.12. The van der Waals surface area contributed by atoms with E-state index in [4.69, 9.17) is 10.2 Å². The Morgan fingerprint density at radius 3 is 2.56 bits per heavy atom. The van der Waals surface area contributed by atoms with E-state index in [0.29, 0.717) is 6.54 Å². The van der Waals surface area contributed by atoms with Gasteiger partial charge in [0.25, 0.3) is 0 Å². The van der Waals surface area contributed by atoms with Crippen LogP contribution < -0.4 is 10.6 Å². The number of furan rings is 1. The molecule has 1 aromatic heterocycles. The average molecular weight is 244 g/mol. The Labute approximate surface area is 108 Å². The van der Waals surface area contributed by atoms with Gasteiger partial charge in [0.15, 0.2) is 0 Å². The Morgan fingerprint density at radius 1 is 1.17 bits per heavy atom. The maximum atomic E-state index is 5.80. The lowest BCUT2D eigenvalue weighted by Gasteiger charge is -2.22. The van der Waals surface area contributed by atoms with Crippen molar-refractivity contribution < 1.29 is 4.42 Å². The summed E-state index contributed by atoms with van der Waals surface area (Å²) >= 11 is 0. The van der Waals surface area contributed by atoms with Gasteiger partial charge >= 0.3 is 0 Å². The number of nitrogens with two attached hydrogens (primary N) is 1. The van der Waals surface area contributed by atoms with Crippen molar-refractivity contribution in [1.82, 2.24) is 0 Å². The van der Waals surface area contributed by atoms with E-state index >= 15 is 0 Å². The molecule has 2 rings (SSSR count). The summed E-state index contributed by atoms with van der Waals surface area (Å²) in [6, 6.07) is 8.40. The Kier molecular flexibility index (Phi) is 3.72. The molecule has 96 valence electrons. The predicted molar refractivity (Wildman–Crippen MR) is 74.6 cm³/mol. The van der Waals surface area contributed by atoms with Crippen molar-refractivity contribution in [2.24, 2.45) is 5.73 Å². The van der Waals surface area contributed by atoms with Crippen LogP contribution >= 0.6 is 0 Å². The van der Waals surface area contributed by atoms with Crippen LogP contribution in [0.25, 0.3) is 0 Å². The summed E-state index contributed by atoms with van der Waals surface area (Å²) in [4.78, 5) is 2.22. The third-order valence-electron chi connectivity index (χ3n) is 3.25. The first-order chi connectivity index (χ1) is 8.61. The van der Waals surface area contributed by atoms with Crippen LogP contribution in [0.4, 0.5) is 5.69 Å².